The number of esters is 1. The van der Waals surface area contributed by atoms with Crippen LogP contribution in [-0.2, 0) is 25.5 Å². The number of rotatable bonds is 5. The van der Waals surface area contributed by atoms with E-state index in [0.29, 0.717) is 6.42 Å². The summed E-state index contributed by atoms with van der Waals surface area (Å²) < 4.78 is 11.3. The van der Waals surface area contributed by atoms with Gasteiger partial charge in [0.2, 0.25) is 0 Å². The molecule has 1 saturated heterocycles. The molecule has 1 heterocycles. The van der Waals surface area contributed by atoms with Gasteiger partial charge in [-0.15, -0.1) is 0 Å². The topological polar surface area (TPSA) is 52.6 Å². The van der Waals surface area contributed by atoms with E-state index in [9.17, 15) is 9.59 Å². The molecule has 3 rings (SSSR count). The number of ketones is 1. The van der Waals surface area contributed by atoms with Crippen LogP contribution in [0.5, 0.6) is 0 Å². The molecule has 0 saturated carbocycles. The van der Waals surface area contributed by atoms with Gasteiger partial charge >= 0.3 is 5.97 Å². The minimum Gasteiger partial charge on any atom is -0.465 e. The molecule has 3 atom stereocenters. The summed E-state index contributed by atoms with van der Waals surface area (Å²) in [5.41, 5.74) is 1.99. The fourth-order valence-corrected chi connectivity index (χ4v) is 3.25. The van der Waals surface area contributed by atoms with Crippen LogP contribution in [0, 0.1) is 5.92 Å². The van der Waals surface area contributed by atoms with E-state index >= 15 is 0 Å². The zero-order valence-corrected chi connectivity index (χ0v) is 14.3. The molecule has 2 aromatic carbocycles. The van der Waals surface area contributed by atoms with E-state index in [4.69, 9.17) is 9.47 Å². The van der Waals surface area contributed by atoms with Gasteiger partial charge in [-0.25, -0.2) is 0 Å². The van der Waals surface area contributed by atoms with Crippen LogP contribution in [-0.4, -0.2) is 24.5 Å². The van der Waals surface area contributed by atoms with Gasteiger partial charge in [0.05, 0.1) is 18.8 Å². The third-order valence-electron chi connectivity index (χ3n) is 4.44. The van der Waals surface area contributed by atoms with Gasteiger partial charge in [0.25, 0.3) is 0 Å². The van der Waals surface area contributed by atoms with Gasteiger partial charge in [0, 0.05) is 6.42 Å². The van der Waals surface area contributed by atoms with Crippen LogP contribution in [0.25, 0.3) is 0 Å². The van der Waals surface area contributed by atoms with Gasteiger partial charge in [0.1, 0.15) is 5.92 Å². The number of hydrogen-bond acceptors (Lipinski definition) is 4. The van der Waals surface area contributed by atoms with E-state index in [0.717, 1.165) is 11.1 Å². The van der Waals surface area contributed by atoms with Crippen molar-refractivity contribution in [3.05, 3.63) is 71.8 Å². The van der Waals surface area contributed by atoms with Crippen LogP contribution in [0.1, 0.15) is 30.6 Å². The highest BCUT2D eigenvalue weighted by Crippen LogP contribution is 2.34. The highest BCUT2D eigenvalue weighted by atomic mass is 16.5. The number of Topliss-reactive ketones (excluding diaryl/α,β-unsaturated/α-hetero) is 1. The summed E-state index contributed by atoms with van der Waals surface area (Å²) in [6.07, 6.45) is -0.154. The molecule has 25 heavy (non-hydrogen) atoms. The quantitative estimate of drug-likeness (QED) is 0.618. The van der Waals surface area contributed by atoms with Crippen molar-refractivity contribution >= 4 is 11.8 Å². The van der Waals surface area contributed by atoms with E-state index in [-0.39, 0.29) is 24.9 Å². The zero-order valence-electron chi connectivity index (χ0n) is 14.3. The fourth-order valence-electron chi connectivity index (χ4n) is 3.25. The van der Waals surface area contributed by atoms with Gasteiger partial charge in [-0.1, -0.05) is 60.7 Å². The zero-order chi connectivity index (χ0) is 17.6. The molecule has 130 valence electrons. The Morgan fingerprint density at radius 3 is 2.36 bits per heavy atom. The van der Waals surface area contributed by atoms with E-state index in [1.807, 2.05) is 60.7 Å². The van der Waals surface area contributed by atoms with Crippen LogP contribution in [0.15, 0.2) is 60.7 Å². The molecule has 1 fully saturated rings. The predicted molar refractivity (Wildman–Crippen MR) is 93.9 cm³/mol. The molecule has 1 aliphatic rings. The Labute approximate surface area is 147 Å². The lowest BCUT2D eigenvalue weighted by molar-refractivity contribution is -0.169. The minimum atomic E-state index is -0.861. The van der Waals surface area contributed by atoms with Crippen molar-refractivity contribution in [1.29, 1.82) is 0 Å². The molecule has 0 bridgehead atoms. The lowest BCUT2D eigenvalue weighted by Gasteiger charge is -2.34. The predicted octanol–water partition coefficient (Wildman–Crippen LogP) is 3.51. The Balaban J connectivity index is 1.85. The molecule has 0 aliphatic carbocycles. The SMILES string of the molecule is CCOC(=O)[C@H]1C(=O)C[C@H](c2ccccc2)O[C@@H]1Cc1ccccc1. The maximum Gasteiger partial charge on any atom is 0.319 e. The molecule has 2 aromatic rings. The third-order valence-corrected chi connectivity index (χ3v) is 4.44. The molecule has 4 nitrogen and oxygen atoms in total. The standard InChI is InChI=1S/C21H22O4/c1-2-24-21(23)20-17(22)14-18(16-11-7-4-8-12-16)25-19(20)13-15-9-5-3-6-10-15/h3-12,18-20H,2,13-14H2,1H3/t18-,19-,20+/m1/s1. The first-order valence-electron chi connectivity index (χ1n) is 8.62. The lowest BCUT2D eigenvalue weighted by Crippen LogP contribution is -2.44. The summed E-state index contributed by atoms with van der Waals surface area (Å²) in [6, 6.07) is 19.4. The number of carbonyl (C=O) groups excluding carboxylic acids is 2. The van der Waals surface area contributed by atoms with Gasteiger partial charge in [0.15, 0.2) is 5.78 Å². The summed E-state index contributed by atoms with van der Waals surface area (Å²) in [7, 11) is 0. The third kappa shape index (κ3) is 4.15. The van der Waals surface area contributed by atoms with Crippen molar-refractivity contribution in [2.45, 2.75) is 32.0 Å². The molecule has 0 spiro atoms. The summed E-state index contributed by atoms with van der Waals surface area (Å²) in [6.45, 7) is 1.99. The maximum atomic E-state index is 12.7. The highest BCUT2D eigenvalue weighted by molar-refractivity contribution is 6.00. The summed E-state index contributed by atoms with van der Waals surface area (Å²) in [5.74, 6) is -1.46. The first-order chi connectivity index (χ1) is 12.2. The molecule has 4 heteroatoms. The molecule has 0 radical (unpaired) electrons. The molecular formula is C21H22O4. The van der Waals surface area contributed by atoms with Crippen LogP contribution in [0.2, 0.25) is 0 Å². The fraction of sp³-hybridized carbons (Fsp3) is 0.333. The second-order valence-corrected chi connectivity index (χ2v) is 6.16. The number of ether oxygens (including phenoxy) is 2. The van der Waals surface area contributed by atoms with E-state index in [1.54, 1.807) is 6.92 Å². The summed E-state index contributed by atoms with van der Waals surface area (Å²) >= 11 is 0. The average Bonchev–Trinajstić information content (AvgIpc) is 2.63. The maximum absolute atomic E-state index is 12.7. The Kier molecular flexibility index (Phi) is 5.61. The molecule has 0 aromatic heterocycles. The van der Waals surface area contributed by atoms with Gasteiger partial charge < -0.3 is 9.47 Å². The smallest absolute Gasteiger partial charge is 0.319 e. The van der Waals surface area contributed by atoms with Crippen LogP contribution in [0.4, 0.5) is 0 Å². The monoisotopic (exact) mass is 338 g/mol. The van der Waals surface area contributed by atoms with E-state index in [1.165, 1.54) is 0 Å². The lowest BCUT2D eigenvalue weighted by atomic mass is 9.85. The van der Waals surface area contributed by atoms with Gasteiger partial charge in [-0.05, 0) is 24.5 Å². The first-order valence-corrected chi connectivity index (χ1v) is 8.62. The largest absolute Gasteiger partial charge is 0.465 e. The van der Waals surface area contributed by atoms with Crippen molar-refractivity contribution in [3.8, 4) is 0 Å². The van der Waals surface area contributed by atoms with Crippen LogP contribution >= 0.6 is 0 Å². The van der Waals surface area contributed by atoms with Crippen LogP contribution in [0.3, 0.4) is 0 Å². The Hall–Kier alpha value is -2.46. The molecule has 0 N–H and O–H groups in total. The van der Waals surface area contributed by atoms with Crippen molar-refractivity contribution in [2.75, 3.05) is 6.61 Å². The van der Waals surface area contributed by atoms with Gasteiger partial charge in [-0.2, -0.15) is 0 Å². The number of hydrogen-bond donors (Lipinski definition) is 0. The number of benzene rings is 2. The first kappa shape index (κ1) is 17.4. The molecule has 0 unspecified atom stereocenters. The van der Waals surface area contributed by atoms with Crippen molar-refractivity contribution < 1.29 is 19.1 Å². The average molecular weight is 338 g/mol. The van der Waals surface area contributed by atoms with Crippen molar-refractivity contribution in [1.82, 2.24) is 0 Å². The van der Waals surface area contributed by atoms with Crippen molar-refractivity contribution in [3.63, 3.8) is 0 Å². The normalized spacial score (nSPS) is 23.2. The molecule has 1 aliphatic heterocycles. The Morgan fingerprint density at radius 2 is 1.72 bits per heavy atom. The molecule has 0 amide bonds. The minimum absolute atomic E-state index is 0.112. The number of carbonyl (C=O) groups is 2. The second kappa shape index (κ2) is 8.08. The Morgan fingerprint density at radius 1 is 1.08 bits per heavy atom. The van der Waals surface area contributed by atoms with E-state index < -0.39 is 18.0 Å². The van der Waals surface area contributed by atoms with E-state index in [2.05, 4.69) is 0 Å². The van der Waals surface area contributed by atoms with Gasteiger partial charge in [-0.3, -0.25) is 9.59 Å². The second-order valence-electron chi connectivity index (χ2n) is 6.16. The summed E-state index contributed by atoms with van der Waals surface area (Å²) in [4.78, 5) is 25.0. The van der Waals surface area contributed by atoms with Crippen molar-refractivity contribution in [2.24, 2.45) is 5.92 Å². The highest BCUT2D eigenvalue weighted by Gasteiger charge is 2.43. The van der Waals surface area contributed by atoms with Crippen LogP contribution < -0.4 is 0 Å². The molecular weight excluding hydrogens is 316 g/mol. The Bertz CT molecular complexity index is 711. The summed E-state index contributed by atoms with van der Waals surface area (Å²) in [5, 5.41) is 0.